The summed E-state index contributed by atoms with van der Waals surface area (Å²) in [5.41, 5.74) is 0.993. The van der Waals surface area contributed by atoms with E-state index in [1.54, 1.807) is 23.4 Å². The highest BCUT2D eigenvalue weighted by molar-refractivity contribution is 6.29. The average molecular weight is 196 g/mol. The van der Waals surface area contributed by atoms with E-state index in [1.807, 2.05) is 6.07 Å². The molecule has 0 aliphatic carbocycles. The highest BCUT2D eigenvalue weighted by atomic mass is 35.5. The van der Waals surface area contributed by atoms with Crippen LogP contribution in [-0.2, 0) is 6.54 Å². The van der Waals surface area contributed by atoms with E-state index in [-0.39, 0.29) is 0 Å². The molecule has 0 aromatic carbocycles. The SMILES string of the molecule is C=CN(C=N)Cc1ccc(Cl)nc1. The van der Waals surface area contributed by atoms with Crippen LogP contribution >= 0.6 is 11.6 Å². The van der Waals surface area contributed by atoms with Crippen molar-refractivity contribution in [3.8, 4) is 0 Å². The van der Waals surface area contributed by atoms with Crippen molar-refractivity contribution in [3.63, 3.8) is 0 Å². The van der Waals surface area contributed by atoms with Gasteiger partial charge in [0.1, 0.15) is 5.15 Å². The van der Waals surface area contributed by atoms with Gasteiger partial charge in [-0.1, -0.05) is 24.2 Å². The molecule has 0 aliphatic heterocycles. The summed E-state index contributed by atoms with van der Waals surface area (Å²) in [4.78, 5) is 5.57. The van der Waals surface area contributed by atoms with Gasteiger partial charge in [-0.2, -0.15) is 0 Å². The number of aromatic nitrogens is 1. The molecule has 68 valence electrons. The Morgan fingerprint density at radius 3 is 2.85 bits per heavy atom. The first-order valence-corrected chi connectivity index (χ1v) is 4.13. The molecule has 1 aromatic rings. The molecule has 0 aliphatic rings. The Morgan fingerprint density at radius 1 is 1.62 bits per heavy atom. The van der Waals surface area contributed by atoms with Gasteiger partial charge >= 0.3 is 0 Å². The third-order valence-corrected chi connectivity index (χ3v) is 1.78. The van der Waals surface area contributed by atoms with Gasteiger partial charge < -0.3 is 4.90 Å². The van der Waals surface area contributed by atoms with Gasteiger partial charge in [0.05, 0.1) is 6.34 Å². The van der Waals surface area contributed by atoms with Gasteiger partial charge in [0, 0.05) is 12.7 Å². The standard InChI is InChI=1S/C9H10ClN3/c1-2-13(7-11)6-8-3-4-9(10)12-5-8/h2-5,7,11H,1,6H2. The Kier molecular flexibility index (Phi) is 3.46. The fourth-order valence-corrected chi connectivity index (χ4v) is 0.985. The molecule has 1 aromatic heterocycles. The Bertz CT molecular complexity index is 286. The lowest BCUT2D eigenvalue weighted by molar-refractivity contribution is 0.566. The first kappa shape index (κ1) is 9.74. The van der Waals surface area contributed by atoms with Crippen LogP contribution in [0.25, 0.3) is 0 Å². The van der Waals surface area contributed by atoms with E-state index < -0.39 is 0 Å². The van der Waals surface area contributed by atoms with Crippen LogP contribution in [0.3, 0.4) is 0 Å². The maximum atomic E-state index is 7.03. The van der Waals surface area contributed by atoms with Crippen molar-refractivity contribution in [2.45, 2.75) is 6.54 Å². The molecule has 1 heterocycles. The molecular formula is C9H10ClN3. The molecule has 0 fully saturated rings. The van der Waals surface area contributed by atoms with E-state index in [1.165, 1.54) is 6.34 Å². The van der Waals surface area contributed by atoms with Crippen LogP contribution in [0.2, 0.25) is 5.15 Å². The summed E-state index contributed by atoms with van der Waals surface area (Å²) in [5, 5.41) is 7.51. The van der Waals surface area contributed by atoms with Crippen LogP contribution in [0.5, 0.6) is 0 Å². The van der Waals surface area contributed by atoms with Gasteiger partial charge in [-0.15, -0.1) is 0 Å². The minimum absolute atomic E-state index is 0.476. The smallest absolute Gasteiger partial charge is 0.129 e. The number of halogens is 1. The third-order valence-electron chi connectivity index (χ3n) is 1.55. The molecule has 1 N–H and O–H groups in total. The van der Waals surface area contributed by atoms with E-state index in [0.29, 0.717) is 11.7 Å². The predicted molar refractivity (Wildman–Crippen MR) is 53.8 cm³/mol. The number of pyridine rings is 1. The molecule has 0 amide bonds. The van der Waals surface area contributed by atoms with Crippen molar-refractivity contribution in [3.05, 3.63) is 41.8 Å². The van der Waals surface area contributed by atoms with E-state index in [0.717, 1.165) is 5.56 Å². The van der Waals surface area contributed by atoms with E-state index in [9.17, 15) is 0 Å². The van der Waals surface area contributed by atoms with Crippen molar-refractivity contribution in [1.82, 2.24) is 9.88 Å². The zero-order valence-corrected chi connectivity index (χ0v) is 7.83. The van der Waals surface area contributed by atoms with Gasteiger partial charge in [0.2, 0.25) is 0 Å². The second kappa shape index (κ2) is 4.62. The predicted octanol–water partition coefficient (Wildman–Crippen LogP) is 2.29. The summed E-state index contributed by atoms with van der Waals surface area (Å²) in [6, 6.07) is 3.59. The first-order valence-electron chi connectivity index (χ1n) is 3.75. The van der Waals surface area contributed by atoms with Crippen molar-refractivity contribution < 1.29 is 0 Å². The molecule has 13 heavy (non-hydrogen) atoms. The molecule has 0 saturated heterocycles. The molecule has 0 spiro atoms. The van der Waals surface area contributed by atoms with Gasteiger partial charge in [-0.25, -0.2) is 4.98 Å². The van der Waals surface area contributed by atoms with Crippen LogP contribution in [0.4, 0.5) is 0 Å². The maximum Gasteiger partial charge on any atom is 0.129 e. The summed E-state index contributed by atoms with van der Waals surface area (Å²) >= 11 is 5.63. The molecule has 4 heteroatoms. The maximum absolute atomic E-state index is 7.03. The van der Waals surface area contributed by atoms with Crippen molar-refractivity contribution in [2.75, 3.05) is 0 Å². The second-order valence-corrected chi connectivity index (χ2v) is 2.86. The summed E-state index contributed by atoms with van der Waals surface area (Å²) in [5.74, 6) is 0. The molecule has 0 unspecified atom stereocenters. The van der Waals surface area contributed by atoms with E-state index >= 15 is 0 Å². The fourth-order valence-electron chi connectivity index (χ4n) is 0.874. The topological polar surface area (TPSA) is 40.0 Å². The zero-order valence-electron chi connectivity index (χ0n) is 7.07. The van der Waals surface area contributed by atoms with Crippen LogP contribution in [0.1, 0.15) is 5.56 Å². The second-order valence-electron chi connectivity index (χ2n) is 2.47. The normalized spacial score (nSPS) is 9.31. The minimum Gasteiger partial charge on any atom is -0.336 e. The molecule has 1 rings (SSSR count). The van der Waals surface area contributed by atoms with Crippen LogP contribution in [-0.4, -0.2) is 16.2 Å². The van der Waals surface area contributed by atoms with Crippen molar-refractivity contribution in [1.29, 1.82) is 5.41 Å². The highest BCUT2D eigenvalue weighted by Gasteiger charge is 1.97. The number of hydrogen-bond donors (Lipinski definition) is 1. The number of nitrogens with zero attached hydrogens (tertiary/aromatic N) is 2. The number of hydrogen-bond acceptors (Lipinski definition) is 2. The van der Waals surface area contributed by atoms with Gasteiger partial charge in [0.25, 0.3) is 0 Å². The Labute approximate surface area is 82.2 Å². The highest BCUT2D eigenvalue weighted by Crippen LogP contribution is 2.07. The lowest BCUT2D eigenvalue weighted by atomic mass is 10.3. The zero-order chi connectivity index (χ0) is 9.68. The van der Waals surface area contributed by atoms with Crippen LogP contribution < -0.4 is 0 Å². The molecule has 0 radical (unpaired) electrons. The van der Waals surface area contributed by atoms with Crippen LogP contribution in [0, 0.1) is 5.41 Å². The molecule has 3 nitrogen and oxygen atoms in total. The van der Waals surface area contributed by atoms with Gasteiger partial charge in [0.15, 0.2) is 0 Å². The van der Waals surface area contributed by atoms with E-state index in [2.05, 4.69) is 11.6 Å². The van der Waals surface area contributed by atoms with E-state index in [4.69, 9.17) is 17.0 Å². The van der Waals surface area contributed by atoms with Gasteiger partial charge in [-0.3, -0.25) is 5.41 Å². The summed E-state index contributed by atoms with van der Waals surface area (Å²) in [6.07, 6.45) is 4.48. The number of rotatable bonds is 4. The Hall–Kier alpha value is -1.35. The van der Waals surface area contributed by atoms with Crippen molar-refractivity contribution in [2.24, 2.45) is 0 Å². The van der Waals surface area contributed by atoms with Gasteiger partial charge in [-0.05, 0) is 17.8 Å². The summed E-state index contributed by atoms with van der Waals surface area (Å²) < 4.78 is 0. The lowest BCUT2D eigenvalue weighted by Crippen LogP contribution is -2.13. The fraction of sp³-hybridized carbons (Fsp3) is 0.111. The lowest BCUT2D eigenvalue weighted by Gasteiger charge is -2.12. The third kappa shape index (κ3) is 2.87. The largest absolute Gasteiger partial charge is 0.336 e. The van der Waals surface area contributed by atoms with Crippen LogP contribution in [0.15, 0.2) is 31.1 Å². The Morgan fingerprint density at radius 2 is 2.38 bits per heavy atom. The summed E-state index contributed by atoms with van der Waals surface area (Å²) in [6.45, 7) is 4.17. The monoisotopic (exact) mass is 195 g/mol. The minimum atomic E-state index is 0.476. The molecule has 0 saturated carbocycles. The Balaban J connectivity index is 2.68. The molecule has 0 bridgehead atoms. The molecular weight excluding hydrogens is 186 g/mol. The summed E-state index contributed by atoms with van der Waals surface area (Å²) in [7, 11) is 0. The quantitative estimate of drug-likeness (QED) is 0.455. The molecule has 0 atom stereocenters. The number of nitrogens with one attached hydrogen (secondary N) is 1. The first-order chi connectivity index (χ1) is 6.26. The van der Waals surface area contributed by atoms with Crippen molar-refractivity contribution >= 4 is 17.9 Å². The average Bonchev–Trinajstić information content (AvgIpc) is 2.17.